The Labute approximate surface area is 132 Å². The van der Waals surface area contributed by atoms with Gasteiger partial charge in [-0.15, -0.1) is 11.3 Å². The van der Waals surface area contributed by atoms with E-state index < -0.39 is 0 Å². The van der Waals surface area contributed by atoms with Crippen molar-refractivity contribution in [2.75, 3.05) is 0 Å². The summed E-state index contributed by atoms with van der Waals surface area (Å²) in [6.45, 7) is 15.2. The van der Waals surface area contributed by atoms with Crippen LogP contribution < -0.4 is 5.32 Å². The van der Waals surface area contributed by atoms with Crippen LogP contribution in [0.4, 0.5) is 0 Å². The van der Waals surface area contributed by atoms with Crippen molar-refractivity contribution in [3.05, 3.63) is 50.0 Å². The molecule has 2 rings (SSSR count). The Bertz CT molecular complexity index is 620. The van der Waals surface area contributed by atoms with Gasteiger partial charge in [-0.1, -0.05) is 17.7 Å². The number of aromatic nitrogens is 1. The SMILES string of the molecule is Cc1cc(C)c(C(C)NC(C)c2sc(C)nc2C)c(C)c1. The Hall–Kier alpha value is -1.19. The summed E-state index contributed by atoms with van der Waals surface area (Å²) in [7, 11) is 0. The smallest absolute Gasteiger partial charge is 0.0900 e. The molecule has 2 nitrogen and oxygen atoms in total. The molecule has 0 radical (unpaired) electrons. The van der Waals surface area contributed by atoms with E-state index in [0.29, 0.717) is 12.1 Å². The van der Waals surface area contributed by atoms with Crippen molar-refractivity contribution in [3.63, 3.8) is 0 Å². The molecule has 21 heavy (non-hydrogen) atoms. The first kappa shape index (κ1) is 16.2. The van der Waals surface area contributed by atoms with Crippen LogP contribution in [0.15, 0.2) is 12.1 Å². The molecular weight excluding hydrogens is 276 g/mol. The number of hydrogen-bond acceptors (Lipinski definition) is 3. The van der Waals surface area contributed by atoms with Crippen LogP contribution in [0.25, 0.3) is 0 Å². The predicted octanol–water partition coefficient (Wildman–Crippen LogP) is 5.10. The molecule has 2 unspecified atom stereocenters. The maximum Gasteiger partial charge on any atom is 0.0900 e. The molecule has 0 bridgehead atoms. The topological polar surface area (TPSA) is 24.9 Å². The molecule has 0 aliphatic heterocycles. The van der Waals surface area contributed by atoms with Crippen LogP contribution >= 0.6 is 11.3 Å². The molecule has 0 aliphatic carbocycles. The molecule has 0 aliphatic rings. The van der Waals surface area contributed by atoms with Gasteiger partial charge in [0.1, 0.15) is 0 Å². The highest BCUT2D eigenvalue weighted by Crippen LogP contribution is 2.29. The molecule has 0 saturated heterocycles. The zero-order chi connectivity index (χ0) is 15.7. The monoisotopic (exact) mass is 302 g/mol. The lowest BCUT2D eigenvalue weighted by atomic mass is 9.94. The van der Waals surface area contributed by atoms with Crippen molar-refractivity contribution in [1.29, 1.82) is 0 Å². The number of aryl methyl sites for hydroxylation is 5. The molecule has 0 fully saturated rings. The average Bonchev–Trinajstić information content (AvgIpc) is 2.66. The molecule has 3 heteroatoms. The van der Waals surface area contributed by atoms with Crippen molar-refractivity contribution < 1.29 is 0 Å². The summed E-state index contributed by atoms with van der Waals surface area (Å²) in [6.07, 6.45) is 0. The summed E-state index contributed by atoms with van der Waals surface area (Å²) in [4.78, 5) is 5.89. The molecule has 0 spiro atoms. The molecule has 1 heterocycles. The lowest BCUT2D eigenvalue weighted by molar-refractivity contribution is 0.495. The van der Waals surface area contributed by atoms with Gasteiger partial charge in [-0.3, -0.25) is 0 Å². The molecule has 2 atom stereocenters. The molecule has 114 valence electrons. The lowest BCUT2D eigenvalue weighted by Gasteiger charge is -2.23. The Morgan fingerprint density at radius 1 is 0.952 bits per heavy atom. The average molecular weight is 302 g/mol. The van der Waals surface area contributed by atoms with E-state index >= 15 is 0 Å². The second-order valence-corrected chi connectivity index (χ2v) is 7.34. The minimum absolute atomic E-state index is 0.325. The van der Waals surface area contributed by atoms with Gasteiger partial charge in [0.15, 0.2) is 0 Å². The van der Waals surface area contributed by atoms with Crippen LogP contribution in [0.5, 0.6) is 0 Å². The van der Waals surface area contributed by atoms with Crippen molar-refractivity contribution in [1.82, 2.24) is 10.3 Å². The van der Waals surface area contributed by atoms with Crippen molar-refractivity contribution in [3.8, 4) is 0 Å². The Kier molecular flexibility index (Phi) is 4.84. The van der Waals surface area contributed by atoms with Gasteiger partial charge in [-0.25, -0.2) is 4.98 Å². The van der Waals surface area contributed by atoms with Crippen LogP contribution in [0, 0.1) is 34.6 Å². The Morgan fingerprint density at radius 3 is 2.00 bits per heavy atom. The minimum atomic E-state index is 0.325. The number of thiazole rings is 1. The van der Waals surface area contributed by atoms with E-state index in [1.807, 2.05) is 0 Å². The van der Waals surface area contributed by atoms with Gasteiger partial charge in [0, 0.05) is 17.0 Å². The summed E-state index contributed by atoms with van der Waals surface area (Å²) < 4.78 is 0. The van der Waals surface area contributed by atoms with Gasteiger partial charge >= 0.3 is 0 Å². The van der Waals surface area contributed by atoms with Gasteiger partial charge in [0.25, 0.3) is 0 Å². The van der Waals surface area contributed by atoms with E-state index in [9.17, 15) is 0 Å². The first-order chi connectivity index (χ1) is 9.79. The standard InChI is InChI=1S/C18H26N2S/c1-10-8-11(2)17(12(3)9-10)13(4)19-14(5)18-15(6)20-16(7)21-18/h8-9,13-14,19H,1-7H3. The third-order valence-corrected chi connectivity index (χ3v) is 5.26. The number of hydrogen-bond donors (Lipinski definition) is 1. The molecule has 2 aromatic rings. The van der Waals surface area contributed by atoms with Crippen LogP contribution in [0.1, 0.15) is 63.8 Å². The Morgan fingerprint density at radius 2 is 1.52 bits per heavy atom. The van der Waals surface area contributed by atoms with E-state index in [-0.39, 0.29) is 0 Å². The Balaban J connectivity index is 2.22. The number of rotatable bonds is 4. The van der Waals surface area contributed by atoms with Crippen LogP contribution in [-0.2, 0) is 0 Å². The number of nitrogens with zero attached hydrogens (tertiary/aromatic N) is 1. The maximum atomic E-state index is 4.54. The van der Waals surface area contributed by atoms with Gasteiger partial charge in [0.2, 0.25) is 0 Å². The molecule has 0 amide bonds. The summed E-state index contributed by atoms with van der Waals surface area (Å²) in [5.41, 5.74) is 6.66. The molecule has 1 aromatic heterocycles. The summed E-state index contributed by atoms with van der Waals surface area (Å²) in [5.74, 6) is 0. The maximum absolute atomic E-state index is 4.54. The largest absolute Gasteiger partial charge is 0.303 e. The van der Waals surface area contributed by atoms with Gasteiger partial charge in [-0.2, -0.15) is 0 Å². The van der Waals surface area contributed by atoms with Gasteiger partial charge < -0.3 is 5.32 Å². The lowest BCUT2D eigenvalue weighted by Crippen LogP contribution is -2.23. The first-order valence-electron chi connectivity index (χ1n) is 7.57. The molecule has 1 aromatic carbocycles. The van der Waals surface area contributed by atoms with Crippen molar-refractivity contribution >= 4 is 11.3 Å². The van der Waals surface area contributed by atoms with E-state index in [4.69, 9.17) is 0 Å². The molecule has 0 saturated carbocycles. The summed E-state index contributed by atoms with van der Waals surface area (Å²) in [5, 5.41) is 4.88. The summed E-state index contributed by atoms with van der Waals surface area (Å²) >= 11 is 1.80. The van der Waals surface area contributed by atoms with Gasteiger partial charge in [0.05, 0.1) is 10.7 Å². The van der Waals surface area contributed by atoms with Gasteiger partial charge in [-0.05, 0) is 65.2 Å². The highest BCUT2D eigenvalue weighted by atomic mass is 32.1. The highest BCUT2D eigenvalue weighted by molar-refractivity contribution is 7.11. The predicted molar refractivity (Wildman–Crippen MR) is 92.2 cm³/mol. The second-order valence-electron chi connectivity index (χ2n) is 6.10. The quantitative estimate of drug-likeness (QED) is 0.850. The first-order valence-corrected chi connectivity index (χ1v) is 8.39. The van der Waals surface area contributed by atoms with Crippen LogP contribution in [-0.4, -0.2) is 4.98 Å². The van der Waals surface area contributed by atoms with Crippen molar-refractivity contribution in [2.45, 2.75) is 60.5 Å². The number of nitrogens with one attached hydrogen (secondary N) is 1. The fourth-order valence-corrected chi connectivity index (χ4v) is 4.30. The van der Waals surface area contributed by atoms with Crippen LogP contribution in [0.3, 0.4) is 0 Å². The van der Waals surface area contributed by atoms with Crippen molar-refractivity contribution in [2.24, 2.45) is 0 Å². The van der Waals surface area contributed by atoms with E-state index in [2.05, 4.69) is 70.9 Å². The third kappa shape index (κ3) is 3.53. The van der Waals surface area contributed by atoms with Crippen LogP contribution in [0.2, 0.25) is 0 Å². The van der Waals surface area contributed by atoms with E-state index in [0.717, 1.165) is 10.7 Å². The normalized spacial score (nSPS) is 14.2. The zero-order valence-electron chi connectivity index (χ0n) is 14.2. The highest BCUT2D eigenvalue weighted by Gasteiger charge is 2.18. The second kappa shape index (κ2) is 6.29. The molecule has 1 N–H and O–H groups in total. The fraction of sp³-hybridized carbons (Fsp3) is 0.500. The molecular formula is C18H26N2S. The summed E-state index contributed by atoms with van der Waals surface area (Å²) in [6, 6.07) is 5.20. The minimum Gasteiger partial charge on any atom is -0.303 e. The zero-order valence-corrected chi connectivity index (χ0v) is 15.0. The van der Waals surface area contributed by atoms with E-state index in [1.54, 1.807) is 11.3 Å². The van der Waals surface area contributed by atoms with E-state index in [1.165, 1.54) is 27.1 Å². The third-order valence-electron chi connectivity index (χ3n) is 4.00. The number of benzene rings is 1. The fourth-order valence-electron chi connectivity index (χ4n) is 3.36.